The molecular weight excluding hydrogens is 462 g/mol. The number of aromatic nitrogens is 2. The van der Waals surface area contributed by atoms with E-state index in [-0.39, 0.29) is 0 Å². The summed E-state index contributed by atoms with van der Waals surface area (Å²) in [4.78, 5) is 22.4. The third-order valence-corrected chi connectivity index (χ3v) is 7.11. The summed E-state index contributed by atoms with van der Waals surface area (Å²) >= 11 is 0. The predicted molar refractivity (Wildman–Crippen MR) is 151 cm³/mol. The van der Waals surface area contributed by atoms with Gasteiger partial charge in [-0.25, -0.2) is 14.8 Å². The summed E-state index contributed by atoms with van der Waals surface area (Å²) < 4.78 is 0. The fourth-order valence-electron chi connectivity index (χ4n) is 5.05. The zero-order valence-corrected chi connectivity index (χ0v) is 22.3. The maximum Gasteiger partial charge on any atom is 0.335 e. The first-order chi connectivity index (χ1) is 17.9. The fourth-order valence-corrected chi connectivity index (χ4v) is 5.05. The molecule has 0 radical (unpaired) electrons. The third-order valence-electron chi connectivity index (χ3n) is 7.11. The monoisotopic (exact) mass is 501 g/mol. The Morgan fingerprint density at radius 3 is 2.43 bits per heavy atom. The minimum absolute atomic E-state index is 0.385. The maximum atomic E-state index is 10.5. The van der Waals surface area contributed by atoms with Crippen LogP contribution in [0.3, 0.4) is 0 Å². The van der Waals surface area contributed by atoms with Gasteiger partial charge in [0.1, 0.15) is 11.6 Å². The SMILES string of the molecule is Cc1ccc(-c2ccnc(NC3CCCCC3)c2)nc1N1CCNCC1.Cc1ccc(C(=O)O)c(C)c1. The van der Waals surface area contributed by atoms with Crippen LogP contribution in [0.25, 0.3) is 11.3 Å². The van der Waals surface area contributed by atoms with Crippen LogP contribution >= 0.6 is 0 Å². The van der Waals surface area contributed by atoms with Crippen LogP contribution in [0, 0.1) is 20.8 Å². The number of pyridine rings is 2. The first-order valence-electron chi connectivity index (χ1n) is 13.4. The standard InChI is InChI=1S/C21H29N5.C9H10O2/c1-16-7-8-19(25-21(16)26-13-11-22-12-14-26)17-9-10-23-20(15-17)24-18-5-3-2-4-6-18;1-6-3-4-8(9(10)11)7(2)5-6/h7-10,15,18,22H,2-6,11-14H2,1H3,(H,23,24);3-5H,1-2H3,(H,10,11). The summed E-state index contributed by atoms with van der Waals surface area (Å²) in [5.41, 5.74) is 5.69. The number of aryl methyl sites for hydroxylation is 3. The molecular formula is C30H39N5O2. The second-order valence-corrected chi connectivity index (χ2v) is 10.1. The number of aromatic carboxylic acids is 1. The van der Waals surface area contributed by atoms with E-state index in [4.69, 9.17) is 10.1 Å². The molecule has 2 aromatic heterocycles. The molecule has 0 unspecified atom stereocenters. The van der Waals surface area contributed by atoms with Gasteiger partial charge in [-0.15, -0.1) is 0 Å². The van der Waals surface area contributed by atoms with E-state index < -0.39 is 5.97 Å². The van der Waals surface area contributed by atoms with Crippen molar-refractivity contribution in [2.45, 2.75) is 58.9 Å². The molecule has 196 valence electrons. The Morgan fingerprint density at radius 1 is 0.973 bits per heavy atom. The lowest BCUT2D eigenvalue weighted by Gasteiger charge is -2.30. The zero-order valence-electron chi connectivity index (χ0n) is 22.3. The highest BCUT2D eigenvalue weighted by molar-refractivity contribution is 5.89. The summed E-state index contributed by atoms with van der Waals surface area (Å²) in [6, 6.07) is 14.4. The summed E-state index contributed by atoms with van der Waals surface area (Å²) in [7, 11) is 0. The number of carbonyl (C=O) groups is 1. The van der Waals surface area contributed by atoms with Gasteiger partial charge in [0.05, 0.1) is 11.3 Å². The average Bonchev–Trinajstić information content (AvgIpc) is 2.90. The Balaban J connectivity index is 0.000000245. The molecule has 2 aliphatic rings. The number of rotatable bonds is 5. The molecule has 2 fully saturated rings. The van der Waals surface area contributed by atoms with Crippen molar-refractivity contribution < 1.29 is 9.90 Å². The van der Waals surface area contributed by atoms with Crippen molar-refractivity contribution in [3.63, 3.8) is 0 Å². The highest BCUT2D eigenvalue weighted by atomic mass is 16.4. The van der Waals surface area contributed by atoms with E-state index in [0.717, 1.165) is 60.2 Å². The van der Waals surface area contributed by atoms with E-state index in [1.165, 1.54) is 37.7 Å². The molecule has 1 aliphatic carbocycles. The number of carboxylic acid groups (broad SMARTS) is 1. The second-order valence-electron chi connectivity index (χ2n) is 10.1. The number of carboxylic acids is 1. The van der Waals surface area contributed by atoms with Crippen LogP contribution in [-0.4, -0.2) is 53.3 Å². The quantitative estimate of drug-likeness (QED) is 0.419. The Hall–Kier alpha value is -3.45. The molecule has 5 rings (SSSR count). The molecule has 7 nitrogen and oxygen atoms in total. The smallest absolute Gasteiger partial charge is 0.335 e. The van der Waals surface area contributed by atoms with Gasteiger partial charge in [0.15, 0.2) is 0 Å². The molecule has 1 aromatic carbocycles. The van der Waals surface area contributed by atoms with Gasteiger partial charge in [-0.3, -0.25) is 0 Å². The highest BCUT2D eigenvalue weighted by Gasteiger charge is 2.16. The van der Waals surface area contributed by atoms with Crippen LogP contribution in [0.5, 0.6) is 0 Å². The molecule has 0 spiro atoms. The zero-order chi connectivity index (χ0) is 26.2. The molecule has 7 heteroatoms. The van der Waals surface area contributed by atoms with Crippen molar-refractivity contribution in [2.24, 2.45) is 0 Å². The normalized spacial score (nSPS) is 16.0. The van der Waals surface area contributed by atoms with Gasteiger partial charge in [0, 0.05) is 44.0 Å². The number of nitrogens with zero attached hydrogens (tertiary/aromatic N) is 3. The van der Waals surface area contributed by atoms with Crippen molar-refractivity contribution in [1.82, 2.24) is 15.3 Å². The van der Waals surface area contributed by atoms with Crippen LogP contribution < -0.4 is 15.5 Å². The number of hydrogen-bond acceptors (Lipinski definition) is 6. The minimum Gasteiger partial charge on any atom is -0.478 e. The summed E-state index contributed by atoms with van der Waals surface area (Å²) in [5, 5.41) is 15.7. The van der Waals surface area contributed by atoms with Crippen LogP contribution in [0.4, 0.5) is 11.6 Å². The van der Waals surface area contributed by atoms with Gasteiger partial charge in [-0.2, -0.15) is 0 Å². The van der Waals surface area contributed by atoms with E-state index in [2.05, 4.69) is 51.7 Å². The van der Waals surface area contributed by atoms with Crippen molar-refractivity contribution in [1.29, 1.82) is 0 Å². The van der Waals surface area contributed by atoms with E-state index in [1.807, 2.05) is 19.2 Å². The van der Waals surface area contributed by atoms with Gasteiger partial charge in [-0.1, -0.05) is 43.0 Å². The van der Waals surface area contributed by atoms with Crippen LogP contribution in [0.15, 0.2) is 48.7 Å². The van der Waals surface area contributed by atoms with E-state index in [0.29, 0.717) is 11.6 Å². The van der Waals surface area contributed by atoms with Crippen LogP contribution in [0.1, 0.15) is 59.2 Å². The summed E-state index contributed by atoms with van der Waals surface area (Å²) in [6.07, 6.45) is 8.42. The first-order valence-corrected chi connectivity index (χ1v) is 13.4. The first kappa shape index (κ1) is 26.6. The van der Waals surface area contributed by atoms with Crippen LogP contribution in [-0.2, 0) is 0 Å². The number of piperazine rings is 1. The Kier molecular flexibility index (Phi) is 9.12. The van der Waals surface area contributed by atoms with Crippen molar-refractivity contribution >= 4 is 17.6 Å². The van der Waals surface area contributed by atoms with Crippen molar-refractivity contribution in [2.75, 3.05) is 36.4 Å². The number of benzene rings is 1. The molecule has 1 aliphatic heterocycles. The Bertz CT molecular complexity index is 1200. The molecule has 1 saturated carbocycles. The molecule has 3 N–H and O–H groups in total. The number of hydrogen-bond donors (Lipinski definition) is 3. The number of anilines is 2. The van der Waals surface area contributed by atoms with Gasteiger partial charge in [-0.05, 0) is 69.0 Å². The van der Waals surface area contributed by atoms with Crippen molar-refractivity contribution in [3.05, 3.63) is 70.9 Å². The van der Waals surface area contributed by atoms with Gasteiger partial charge >= 0.3 is 5.97 Å². The minimum atomic E-state index is -0.859. The maximum absolute atomic E-state index is 10.5. The Labute approximate surface area is 220 Å². The van der Waals surface area contributed by atoms with Gasteiger partial charge in [0.2, 0.25) is 0 Å². The molecule has 0 amide bonds. The molecule has 37 heavy (non-hydrogen) atoms. The largest absolute Gasteiger partial charge is 0.478 e. The predicted octanol–water partition coefficient (Wildman–Crippen LogP) is 5.61. The second kappa shape index (κ2) is 12.7. The molecule has 0 bridgehead atoms. The topological polar surface area (TPSA) is 90.4 Å². The lowest BCUT2D eigenvalue weighted by Crippen LogP contribution is -2.44. The highest BCUT2D eigenvalue weighted by Crippen LogP contribution is 2.27. The van der Waals surface area contributed by atoms with Crippen LogP contribution in [0.2, 0.25) is 0 Å². The van der Waals surface area contributed by atoms with Crippen molar-refractivity contribution in [3.8, 4) is 11.3 Å². The molecule has 0 atom stereocenters. The van der Waals surface area contributed by atoms with E-state index >= 15 is 0 Å². The third kappa shape index (κ3) is 7.29. The summed E-state index contributed by atoms with van der Waals surface area (Å²) in [5.74, 6) is 1.23. The Morgan fingerprint density at radius 2 is 1.73 bits per heavy atom. The molecule has 3 heterocycles. The van der Waals surface area contributed by atoms with E-state index in [9.17, 15) is 4.79 Å². The lowest BCUT2D eigenvalue weighted by atomic mass is 9.95. The van der Waals surface area contributed by atoms with Gasteiger partial charge < -0.3 is 20.6 Å². The van der Waals surface area contributed by atoms with Gasteiger partial charge in [0.25, 0.3) is 0 Å². The number of nitrogens with one attached hydrogen (secondary N) is 2. The average molecular weight is 502 g/mol. The molecule has 1 saturated heterocycles. The lowest BCUT2D eigenvalue weighted by molar-refractivity contribution is 0.0696. The fraction of sp³-hybridized carbons (Fsp3) is 0.433. The van der Waals surface area contributed by atoms with E-state index in [1.54, 1.807) is 19.1 Å². The summed E-state index contributed by atoms with van der Waals surface area (Å²) in [6.45, 7) is 9.97. The molecule has 3 aromatic rings.